The molecular formula is C18H22O2. The van der Waals surface area contributed by atoms with Crippen LogP contribution in [0.2, 0.25) is 0 Å². The van der Waals surface area contributed by atoms with Crippen molar-refractivity contribution in [2.24, 2.45) is 0 Å². The zero-order valence-corrected chi connectivity index (χ0v) is 12.4. The van der Waals surface area contributed by atoms with Gasteiger partial charge in [0, 0.05) is 0 Å². The van der Waals surface area contributed by atoms with E-state index in [-0.39, 0.29) is 6.61 Å². The van der Waals surface area contributed by atoms with E-state index in [2.05, 4.69) is 26.0 Å². The molecular weight excluding hydrogens is 248 g/mol. The number of aryl methyl sites for hydroxylation is 1. The third-order valence-corrected chi connectivity index (χ3v) is 3.70. The van der Waals surface area contributed by atoms with E-state index in [0.717, 1.165) is 29.0 Å². The first kappa shape index (κ1) is 14.6. The highest BCUT2D eigenvalue weighted by Crippen LogP contribution is 2.33. The number of hydrogen-bond acceptors (Lipinski definition) is 2. The fourth-order valence-corrected chi connectivity index (χ4v) is 2.24. The van der Waals surface area contributed by atoms with Gasteiger partial charge in [-0.25, -0.2) is 0 Å². The number of ether oxygens (including phenoxy) is 1. The molecule has 0 aliphatic rings. The molecule has 0 radical (unpaired) electrons. The van der Waals surface area contributed by atoms with Crippen LogP contribution in [0.25, 0.3) is 0 Å². The maximum atomic E-state index is 9.15. The lowest BCUT2D eigenvalue weighted by molar-refractivity contribution is 0.281. The van der Waals surface area contributed by atoms with E-state index in [4.69, 9.17) is 9.84 Å². The van der Waals surface area contributed by atoms with E-state index in [0.29, 0.717) is 5.92 Å². The molecule has 0 fully saturated rings. The van der Waals surface area contributed by atoms with Crippen LogP contribution in [0.3, 0.4) is 0 Å². The van der Waals surface area contributed by atoms with E-state index in [9.17, 15) is 0 Å². The summed E-state index contributed by atoms with van der Waals surface area (Å²) < 4.78 is 6.08. The van der Waals surface area contributed by atoms with Gasteiger partial charge in [0.1, 0.15) is 11.5 Å². The lowest BCUT2D eigenvalue weighted by atomic mass is 9.98. The van der Waals surface area contributed by atoms with E-state index in [1.807, 2.05) is 37.3 Å². The molecule has 0 aliphatic carbocycles. The molecule has 1 N–H and O–H groups in total. The van der Waals surface area contributed by atoms with Gasteiger partial charge < -0.3 is 9.84 Å². The zero-order chi connectivity index (χ0) is 14.5. The Morgan fingerprint density at radius 2 is 1.85 bits per heavy atom. The Kier molecular flexibility index (Phi) is 4.80. The Morgan fingerprint density at radius 1 is 1.10 bits per heavy atom. The van der Waals surface area contributed by atoms with Crippen molar-refractivity contribution >= 4 is 0 Å². The molecule has 0 aliphatic heterocycles. The lowest BCUT2D eigenvalue weighted by Gasteiger charge is -2.16. The summed E-state index contributed by atoms with van der Waals surface area (Å²) in [6.07, 6.45) is 1.09. The molecule has 0 bridgehead atoms. The van der Waals surface area contributed by atoms with Gasteiger partial charge in [-0.2, -0.15) is 0 Å². The summed E-state index contributed by atoms with van der Waals surface area (Å²) in [7, 11) is 0. The fourth-order valence-electron chi connectivity index (χ4n) is 2.24. The third kappa shape index (κ3) is 3.20. The molecule has 2 aromatic rings. The summed E-state index contributed by atoms with van der Waals surface area (Å²) in [6.45, 7) is 6.46. The standard InChI is InChI=1S/C18H22O2/c1-4-13(2)16-7-5-6-8-18(16)20-17-10-9-15(12-19)11-14(17)3/h5-11,13,19H,4,12H2,1-3H3. The molecule has 0 spiro atoms. The van der Waals surface area contributed by atoms with Gasteiger partial charge in [-0.1, -0.05) is 44.2 Å². The van der Waals surface area contributed by atoms with Crippen LogP contribution in [-0.2, 0) is 6.61 Å². The highest BCUT2D eigenvalue weighted by molar-refractivity contribution is 5.43. The molecule has 0 heterocycles. The molecule has 2 aromatic carbocycles. The molecule has 0 saturated heterocycles. The minimum absolute atomic E-state index is 0.0601. The first-order valence-electron chi connectivity index (χ1n) is 7.12. The van der Waals surface area contributed by atoms with Gasteiger partial charge in [0.05, 0.1) is 6.61 Å². The number of para-hydroxylation sites is 1. The summed E-state index contributed by atoms with van der Waals surface area (Å²) >= 11 is 0. The van der Waals surface area contributed by atoms with Crippen LogP contribution in [0.5, 0.6) is 11.5 Å². The maximum Gasteiger partial charge on any atom is 0.130 e. The highest BCUT2D eigenvalue weighted by Gasteiger charge is 2.11. The molecule has 0 saturated carbocycles. The molecule has 2 nitrogen and oxygen atoms in total. The molecule has 1 atom stereocenters. The van der Waals surface area contributed by atoms with Gasteiger partial charge in [-0.15, -0.1) is 0 Å². The van der Waals surface area contributed by atoms with Gasteiger partial charge in [-0.3, -0.25) is 0 Å². The van der Waals surface area contributed by atoms with Gasteiger partial charge in [0.2, 0.25) is 0 Å². The molecule has 0 amide bonds. The smallest absolute Gasteiger partial charge is 0.130 e. The Bertz CT molecular complexity index is 575. The normalized spacial score (nSPS) is 12.2. The van der Waals surface area contributed by atoms with Crippen molar-refractivity contribution in [1.82, 2.24) is 0 Å². The van der Waals surface area contributed by atoms with Crippen molar-refractivity contribution in [3.8, 4) is 11.5 Å². The first-order chi connectivity index (χ1) is 9.65. The van der Waals surface area contributed by atoms with E-state index >= 15 is 0 Å². The molecule has 20 heavy (non-hydrogen) atoms. The van der Waals surface area contributed by atoms with Crippen molar-refractivity contribution in [2.45, 2.75) is 39.7 Å². The topological polar surface area (TPSA) is 29.5 Å². The van der Waals surface area contributed by atoms with Crippen LogP contribution in [0.4, 0.5) is 0 Å². The number of rotatable bonds is 5. The highest BCUT2D eigenvalue weighted by atomic mass is 16.5. The van der Waals surface area contributed by atoms with Crippen molar-refractivity contribution in [3.05, 3.63) is 59.2 Å². The lowest BCUT2D eigenvalue weighted by Crippen LogP contribution is -1.97. The minimum atomic E-state index is 0.0601. The van der Waals surface area contributed by atoms with Gasteiger partial charge in [-0.05, 0) is 48.1 Å². The number of hydrogen-bond donors (Lipinski definition) is 1. The summed E-state index contributed by atoms with van der Waals surface area (Å²) in [6, 6.07) is 14.0. The van der Waals surface area contributed by atoms with Crippen molar-refractivity contribution in [3.63, 3.8) is 0 Å². The van der Waals surface area contributed by atoms with E-state index in [1.165, 1.54) is 5.56 Å². The summed E-state index contributed by atoms with van der Waals surface area (Å²) in [5.74, 6) is 2.24. The fraction of sp³-hybridized carbons (Fsp3) is 0.333. The van der Waals surface area contributed by atoms with E-state index in [1.54, 1.807) is 0 Å². The molecule has 1 unspecified atom stereocenters. The van der Waals surface area contributed by atoms with Gasteiger partial charge in [0.25, 0.3) is 0 Å². The number of benzene rings is 2. The summed E-state index contributed by atoms with van der Waals surface area (Å²) in [5, 5.41) is 9.15. The Labute approximate surface area is 121 Å². The average Bonchev–Trinajstić information content (AvgIpc) is 2.49. The zero-order valence-electron chi connectivity index (χ0n) is 12.4. The second kappa shape index (κ2) is 6.58. The molecule has 106 valence electrons. The van der Waals surface area contributed by atoms with Crippen molar-refractivity contribution in [2.75, 3.05) is 0 Å². The Hall–Kier alpha value is -1.80. The van der Waals surface area contributed by atoms with Crippen LogP contribution in [0.15, 0.2) is 42.5 Å². The molecule has 2 heteroatoms. The minimum Gasteiger partial charge on any atom is -0.457 e. The predicted molar refractivity (Wildman–Crippen MR) is 82.3 cm³/mol. The van der Waals surface area contributed by atoms with Gasteiger partial charge in [0.15, 0.2) is 0 Å². The van der Waals surface area contributed by atoms with Crippen LogP contribution >= 0.6 is 0 Å². The first-order valence-corrected chi connectivity index (χ1v) is 7.12. The third-order valence-electron chi connectivity index (χ3n) is 3.70. The Morgan fingerprint density at radius 3 is 2.50 bits per heavy atom. The van der Waals surface area contributed by atoms with E-state index < -0.39 is 0 Å². The van der Waals surface area contributed by atoms with Crippen molar-refractivity contribution < 1.29 is 9.84 Å². The number of aliphatic hydroxyl groups is 1. The average molecular weight is 270 g/mol. The maximum absolute atomic E-state index is 9.15. The molecule has 2 rings (SSSR count). The summed E-state index contributed by atoms with van der Waals surface area (Å²) in [5.41, 5.74) is 3.18. The monoisotopic (exact) mass is 270 g/mol. The van der Waals surface area contributed by atoms with Crippen LogP contribution < -0.4 is 4.74 Å². The molecule has 0 aromatic heterocycles. The van der Waals surface area contributed by atoms with Crippen LogP contribution in [-0.4, -0.2) is 5.11 Å². The second-order valence-electron chi connectivity index (χ2n) is 5.21. The number of aliphatic hydroxyl groups excluding tert-OH is 1. The van der Waals surface area contributed by atoms with Gasteiger partial charge >= 0.3 is 0 Å². The Balaban J connectivity index is 2.30. The largest absolute Gasteiger partial charge is 0.457 e. The summed E-state index contributed by atoms with van der Waals surface area (Å²) in [4.78, 5) is 0. The SMILES string of the molecule is CCC(C)c1ccccc1Oc1ccc(CO)cc1C. The van der Waals surface area contributed by atoms with Crippen molar-refractivity contribution in [1.29, 1.82) is 0 Å². The second-order valence-corrected chi connectivity index (χ2v) is 5.21. The quantitative estimate of drug-likeness (QED) is 0.846. The van der Waals surface area contributed by atoms with Crippen LogP contribution in [0.1, 0.15) is 42.9 Å². The van der Waals surface area contributed by atoms with Crippen LogP contribution in [0, 0.1) is 6.92 Å². The predicted octanol–water partition coefficient (Wildman–Crippen LogP) is 4.79.